The van der Waals surface area contributed by atoms with E-state index in [1.807, 2.05) is 0 Å². The summed E-state index contributed by atoms with van der Waals surface area (Å²) in [5.41, 5.74) is 1.97. The Balaban J connectivity index is 1.34. The molecule has 1 heterocycles. The van der Waals surface area contributed by atoms with Crippen molar-refractivity contribution in [2.45, 2.75) is 20.0 Å². The molecule has 0 aliphatic carbocycles. The Hall–Kier alpha value is -4.04. The highest BCUT2D eigenvalue weighted by atomic mass is 35.5. The van der Waals surface area contributed by atoms with Crippen LogP contribution in [0.15, 0.2) is 71.1 Å². The van der Waals surface area contributed by atoms with Crippen LogP contribution in [0, 0.1) is 0 Å². The fourth-order valence-corrected chi connectivity index (χ4v) is 3.21. The number of aromatic nitrogens is 1. The smallest absolute Gasteiger partial charge is 0.400 e. The predicted molar refractivity (Wildman–Crippen MR) is 127 cm³/mol. The normalized spacial score (nSPS) is 11.6. The Morgan fingerprint density at radius 3 is 2.59 bits per heavy atom. The summed E-state index contributed by atoms with van der Waals surface area (Å²) in [6.45, 7) is 3.62. The van der Waals surface area contributed by atoms with Gasteiger partial charge in [0.25, 0.3) is 5.91 Å². The predicted octanol–water partition coefficient (Wildman–Crippen LogP) is 5.86. The van der Waals surface area contributed by atoms with Gasteiger partial charge in [0.2, 0.25) is 0 Å². The average Bonchev–Trinajstić information content (AvgIpc) is 3.22. The van der Waals surface area contributed by atoms with Gasteiger partial charge in [0.05, 0.1) is 12.2 Å². The summed E-state index contributed by atoms with van der Waals surface area (Å²) in [6.07, 6.45) is -0.705. The van der Waals surface area contributed by atoms with Crippen LogP contribution in [0.1, 0.15) is 24.2 Å². The number of hydrogen-bond acceptors (Lipinski definition) is 7. The summed E-state index contributed by atoms with van der Waals surface area (Å²) < 4.78 is 21.9. The number of benzene rings is 3. The van der Waals surface area contributed by atoms with Crippen molar-refractivity contribution < 1.29 is 28.2 Å². The van der Waals surface area contributed by atoms with Crippen LogP contribution in [0.4, 0.5) is 5.69 Å². The monoisotopic (exact) mass is 480 g/mol. The molecule has 4 rings (SSSR count). The molecule has 9 heteroatoms. The number of carbonyl (C=O) groups excluding carboxylic acids is 2. The molecule has 0 aliphatic rings. The Morgan fingerprint density at radius 2 is 1.82 bits per heavy atom. The zero-order valence-corrected chi connectivity index (χ0v) is 19.2. The molecule has 1 amide bonds. The van der Waals surface area contributed by atoms with Crippen molar-refractivity contribution >= 4 is 40.3 Å². The summed E-state index contributed by atoms with van der Waals surface area (Å²) in [5.74, 6) is 0.135. The van der Waals surface area contributed by atoms with E-state index >= 15 is 0 Å². The zero-order chi connectivity index (χ0) is 24.1. The molecule has 0 radical (unpaired) electrons. The standard InChI is InChI=1S/C25H21ClN2O6/c1-3-31-24(30)16-5-4-6-18(13-16)27-23(29)15(2)32-19-8-10-20(11-9-19)33-25-28-21-12-7-17(26)14-22(21)34-25/h4-15H,3H2,1-2H3,(H,27,29). The topological polar surface area (TPSA) is 99.9 Å². The van der Waals surface area contributed by atoms with Gasteiger partial charge in [-0.05, 0) is 68.4 Å². The van der Waals surface area contributed by atoms with Gasteiger partial charge in [-0.1, -0.05) is 17.7 Å². The molecule has 3 aromatic carbocycles. The molecule has 1 aromatic heterocycles. The number of nitrogens with zero attached hydrogens (tertiary/aromatic N) is 1. The molecule has 0 spiro atoms. The maximum atomic E-state index is 12.5. The van der Waals surface area contributed by atoms with Crippen LogP contribution in [0.25, 0.3) is 11.1 Å². The number of fused-ring (bicyclic) bond motifs is 1. The van der Waals surface area contributed by atoms with Crippen LogP contribution >= 0.6 is 11.6 Å². The lowest BCUT2D eigenvalue weighted by atomic mass is 10.2. The molecule has 174 valence electrons. The van der Waals surface area contributed by atoms with E-state index in [1.165, 1.54) is 0 Å². The average molecular weight is 481 g/mol. The molecular formula is C25H21ClN2O6. The maximum absolute atomic E-state index is 12.5. The second-order valence-corrected chi connectivity index (χ2v) is 7.65. The Kier molecular flexibility index (Phi) is 6.98. The highest BCUT2D eigenvalue weighted by Crippen LogP contribution is 2.28. The quantitative estimate of drug-likeness (QED) is 0.315. The van der Waals surface area contributed by atoms with Crippen molar-refractivity contribution in [2.75, 3.05) is 11.9 Å². The van der Waals surface area contributed by atoms with Gasteiger partial charge in [-0.25, -0.2) is 4.79 Å². The minimum Gasteiger partial charge on any atom is -0.481 e. The van der Waals surface area contributed by atoms with Crippen LogP contribution in [-0.4, -0.2) is 29.6 Å². The minimum atomic E-state index is -0.792. The minimum absolute atomic E-state index is 0.0868. The summed E-state index contributed by atoms with van der Waals surface area (Å²) in [5, 5.41) is 3.28. The van der Waals surface area contributed by atoms with Crippen LogP contribution in [-0.2, 0) is 9.53 Å². The molecule has 1 unspecified atom stereocenters. The number of halogens is 1. The van der Waals surface area contributed by atoms with E-state index in [2.05, 4.69) is 10.3 Å². The second-order valence-electron chi connectivity index (χ2n) is 7.22. The lowest BCUT2D eigenvalue weighted by molar-refractivity contribution is -0.122. The summed E-state index contributed by atoms with van der Waals surface area (Å²) >= 11 is 5.96. The Bertz CT molecular complexity index is 1320. The van der Waals surface area contributed by atoms with Crippen LogP contribution in [0.3, 0.4) is 0 Å². The third kappa shape index (κ3) is 5.65. The van der Waals surface area contributed by atoms with Gasteiger partial charge < -0.3 is 23.9 Å². The molecule has 1 N–H and O–H groups in total. The van der Waals surface area contributed by atoms with Gasteiger partial charge in [0.15, 0.2) is 11.7 Å². The molecule has 4 aromatic rings. The number of ether oxygens (including phenoxy) is 3. The van der Waals surface area contributed by atoms with Crippen molar-refractivity contribution in [2.24, 2.45) is 0 Å². The molecule has 0 bridgehead atoms. The zero-order valence-electron chi connectivity index (χ0n) is 18.4. The number of rotatable bonds is 8. The van der Waals surface area contributed by atoms with Gasteiger partial charge in [0, 0.05) is 16.8 Å². The van der Waals surface area contributed by atoms with Crippen LogP contribution < -0.4 is 14.8 Å². The first-order chi connectivity index (χ1) is 16.4. The maximum Gasteiger partial charge on any atom is 0.400 e. The van der Waals surface area contributed by atoms with Gasteiger partial charge in [-0.15, -0.1) is 0 Å². The van der Waals surface area contributed by atoms with Gasteiger partial charge >= 0.3 is 12.0 Å². The van der Waals surface area contributed by atoms with Crippen molar-refractivity contribution in [3.05, 3.63) is 77.3 Å². The number of anilines is 1. The summed E-state index contributed by atoms with van der Waals surface area (Å²) in [7, 11) is 0. The molecule has 34 heavy (non-hydrogen) atoms. The summed E-state index contributed by atoms with van der Waals surface area (Å²) in [4.78, 5) is 28.7. The molecule has 0 aliphatic heterocycles. The van der Waals surface area contributed by atoms with Gasteiger partial charge in [0.1, 0.15) is 17.0 Å². The Labute approximate surface area is 200 Å². The van der Waals surface area contributed by atoms with Crippen LogP contribution in [0.5, 0.6) is 17.6 Å². The van der Waals surface area contributed by atoms with E-state index in [0.29, 0.717) is 38.9 Å². The second kappa shape index (κ2) is 10.3. The van der Waals surface area contributed by atoms with Crippen LogP contribution in [0.2, 0.25) is 5.02 Å². The van der Waals surface area contributed by atoms with Crippen molar-refractivity contribution in [3.63, 3.8) is 0 Å². The first kappa shape index (κ1) is 23.1. The fourth-order valence-electron chi connectivity index (χ4n) is 3.05. The number of carbonyl (C=O) groups is 2. The highest BCUT2D eigenvalue weighted by Gasteiger charge is 2.16. The molecular weight excluding hydrogens is 460 g/mol. The molecule has 1 atom stereocenters. The molecule has 0 saturated heterocycles. The molecule has 0 saturated carbocycles. The fraction of sp³-hybridized carbons (Fsp3) is 0.160. The van der Waals surface area contributed by atoms with Gasteiger partial charge in [-0.3, -0.25) is 4.79 Å². The number of esters is 1. The lowest BCUT2D eigenvalue weighted by Crippen LogP contribution is -2.30. The van der Waals surface area contributed by atoms with Crippen molar-refractivity contribution in [1.82, 2.24) is 4.98 Å². The number of hydrogen-bond donors (Lipinski definition) is 1. The lowest BCUT2D eigenvalue weighted by Gasteiger charge is -2.15. The van der Waals surface area contributed by atoms with E-state index in [1.54, 1.807) is 80.6 Å². The molecule has 0 fully saturated rings. The third-order valence-electron chi connectivity index (χ3n) is 4.68. The highest BCUT2D eigenvalue weighted by molar-refractivity contribution is 6.31. The van der Waals surface area contributed by atoms with Gasteiger partial charge in [-0.2, -0.15) is 4.98 Å². The van der Waals surface area contributed by atoms with E-state index in [-0.39, 0.29) is 18.6 Å². The van der Waals surface area contributed by atoms with E-state index in [0.717, 1.165) is 0 Å². The van der Waals surface area contributed by atoms with E-state index in [4.69, 9.17) is 30.2 Å². The SMILES string of the molecule is CCOC(=O)c1cccc(NC(=O)C(C)Oc2ccc(Oc3nc4ccc(Cl)cc4o3)cc2)c1. The largest absolute Gasteiger partial charge is 0.481 e. The number of oxazole rings is 1. The van der Waals surface area contributed by atoms with E-state index < -0.39 is 12.1 Å². The molecule has 8 nitrogen and oxygen atoms in total. The first-order valence-electron chi connectivity index (χ1n) is 10.5. The summed E-state index contributed by atoms with van der Waals surface area (Å²) in [6, 6.07) is 18.3. The first-order valence-corrected chi connectivity index (χ1v) is 10.9. The number of nitrogens with one attached hydrogen (secondary N) is 1. The third-order valence-corrected chi connectivity index (χ3v) is 4.92. The Morgan fingerprint density at radius 1 is 1.06 bits per heavy atom. The van der Waals surface area contributed by atoms with E-state index in [9.17, 15) is 9.59 Å². The van der Waals surface area contributed by atoms with Crippen molar-refractivity contribution in [3.8, 4) is 17.6 Å². The number of amides is 1. The van der Waals surface area contributed by atoms with Crippen molar-refractivity contribution in [1.29, 1.82) is 0 Å².